The molecular weight excluding hydrogens is 582 g/mol. The summed E-state index contributed by atoms with van der Waals surface area (Å²) in [6.45, 7) is 1.29. The standard InChI is InChI=1S/C29H31N5O6S.ClH/c1-18(31-2)28(36)32-23-16-33(27(35)17-41(4,38)39)24-11-9-19(14-30)13-25(24)34(29(23)37)15-22-21-8-6-5-7-20(21)10-12-26(22)40-3;/h5-13,18,23,31H,15-17H2,1-4H3,(H,32,36);1H/t18-,23-;/m0./s1. The Labute approximate surface area is 250 Å². The van der Waals surface area contributed by atoms with Gasteiger partial charge in [-0.3, -0.25) is 14.4 Å². The van der Waals surface area contributed by atoms with Crippen LogP contribution >= 0.6 is 12.4 Å². The van der Waals surface area contributed by atoms with Crippen molar-refractivity contribution in [2.45, 2.75) is 25.6 Å². The number of nitrogens with zero attached hydrogens (tertiary/aromatic N) is 3. The van der Waals surface area contributed by atoms with Crippen molar-refractivity contribution >= 4 is 62.1 Å². The number of likely N-dealkylation sites (N-methyl/N-ethyl adjacent to an activating group) is 1. The molecule has 0 aromatic heterocycles. The van der Waals surface area contributed by atoms with Crippen LogP contribution in [-0.2, 0) is 30.8 Å². The van der Waals surface area contributed by atoms with E-state index in [0.717, 1.165) is 17.0 Å². The van der Waals surface area contributed by atoms with E-state index in [1.165, 1.54) is 35.1 Å². The summed E-state index contributed by atoms with van der Waals surface area (Å²) >= 11 is 0. The zero-order chi connectivity index (χ0) is 29.9. The van der Waals surface area contributed by atoms with E-state index in [4.69, 9.17) is 4.74 Å². The van der Waals surface area contributed by atoms with E-state index < -0.39 is 45.4 Å². The van der Waals surface area contributed by atoms with Crippen LogP contribution in [0.15, 0.2) is 54.6 Å². The van der Waals surface area contributed by atoms with Crippen molar-refractivity contribution in [3.05, 3.63) is 65.7 Å². The maximum absolute atomic E-state index is 14.3. The summed E-state index contributed by atoms with van der Waals surface area (Å²) in [6.07, 6.45) is 0.945. The smallest absolute Gasteiger partial charge is 0.251 e. The van der Waals surface area contributed by atoms with E-state index in [9.17, 15) is 28.1 Å². The number of nitriles is 1. The molecule has 0 fully saturated rings. The molecule has 1 heterocycles. The first kappa shape index (κ1) is 32.3. The SMILES string of the molecule is CN[C@@H](C)C(=O)N[C@H]1CN(C(=O)CS(C)(=O)=O)c2ccc(C#N)cc2N(Cc2c(OC)ccc3ccccc23)C1=O.Cl. The molecule has 0 aliphatic carbocycles. The molecule has 13 heteroatoms. The fourth-order valence-corrected chi connectivity index (χ4v) is 5.37. The molecule has 0 saturated heterocycles. The maximum atomic E-state index is 14.3. The van der Waals surface area contributed by atoms with Gasteiger partial charge < -0.3 is 25.2 Å². The summed E-state index contributed by atoms with van der Waals surface area (Å²) in [4.78, 5) is 43.1. The summed E-state index contributed by atoms with van der Waals surface area (Å²) in [5.74, 6) is -2.06. The molecule has 3 aromatic rings. The van der Waals surface area contributed by atoms with Crippen LogP contribution < -0.4 is 25.2 Å². The monoisotopic (exact) mass is 613 g/mol. The molecule has 1 aliphatic rings. The van der Waals surface area contributed by atoms with Gasteiger partial charge in [-0.1, -0.05) is 30.3 Å². The minimum absolute atomic E-state index is 0. The van der Waals surface area contributed by atoms with E-state index in [1.807, 2.05) is 30.3 Å². The lowest BCUT2D eigenvalue weighted by atomic mass is 10.0. The third kappa shape index (κ3) is 6.82. The largest absolute Gasteiger partial charge is 0.496 e. The van der Waals surface area contributed by atoms with Gasteiger partial charge in [0.25, 0.3) is 5.91 Å². The molecule has 1 aliphatic heterocycles. The minimum Gasteiger partial charge on any atom is -0.496 e. The van der Waals surface area contributed by atoms with Gasteiger partial charge in [-0.2, -0.15) is 5.26 Å². The summed E-state index contributed by atoms with van der Waals surface area (Å²) in [5.41, 5.74) is 1.37. The number of sulfone groups is 1. The number of methoxy groups -OCH3 is 1. The number of ether oxygens (including phenoxy) is 1. The van der Waals surface area contributed by atoms with Crippen LogP contribution in [0.4, 0.5) is 11.4 Å². The maximum Gasteiger partial charge on any atom is 0.251 e. The van der Waals surface area contributed by atoms with Crippen LogP contribution in [0.1, 0.15) is 18.1 Å². The second kappa shape index (κ2) is 13.2. The predicted molar refractivity (Wildman–Crippen MR) is 163 cm³/mol. The molecule has 2 N–H and O–H groups in total. The van der Waals surface area contributed by atoms with Gasteiger partial charge in [-0.15, -0.1) is 12.4 Å². The Bertz CT molecular complexity index is 1670. The third-order valence-corrected chi connectivity index (χ3v) is 7.75. The highest BCUT2D eigenvalue weighted by molar-refractivity contribution is 7.91. The highest BCUT2D eigenvalue weighted by Crippen LogP contribution is 2.38. The second-order valence-corrected chi connectivity index (χ2v) is 12.0. The molecule has 0 radical (unpaired) electrons. The molecule has 0 unspecified atom stereocenters. The molecule has 0 saturated carbocycles. The van der Waals surface area contributed by atoms with Crippen LogP contribution in [0.5, 0.6) is 5.75 Å². The molecule has 222 valence electrons. The van der Waals surface area contributed by atoms with Gasteiger partial charge in [-0.05, 0) is 49.0 Å². The zero-order valence-electron chi connectivity index (χ0n) is 23.6. The molecule has 3 aromatic carbocycles. The van der Waals surface area contributed by atoms with Crippen molar-refractivity contribution < 1.29 is 27.5 Å². The summed E-state index contributed by atoms with van der Waals surface area (Å²) in [6, 6.07) is 15.9. The summed E-state index contributed by atoms with van der Waals surface area (Å²) in [7, 11) is -0.605. The average Bonchev–Trinajstić information content (AvgIpc) is 3.06. The third-order valence-electron chi connectivity index (χ3n) is 6.98. The first-order valence-corrected chi connectivity index (χ1v) is 14.9. The van der Waals surface area contributed by atoms with Crippen molar-refractivity contribution in [2.75, 3.05) is 42.5 Å². The van der Waals surface area contributed by atoms with Crippen molar-refractivity contribution in [1.29, 1.82) is 5.26 Å². The lowest BCUT2D eigenvalue weighted by Gasteiger charge is -2.27. The number of nitrogens with one attached hydrogen (secondary N) is 2. The van der Waals surface area contributed by atoms with Gasteiger partial charge in [0.15, 0.2) is 9.84 Å². The number of hydrogen-bond donors (Lipinski definition) is 2. The Balaban J connectivity index is 0.00000484. The molecule has 2 atom stereocenters. The number of hydrogen-bond acceptors (Lipinski definition) is 8. The lowest BCUT2D eigenvalue weighted by molar-refractivity contribution is -0.128. The lowest BCUT2D eigenvalue weighted by Crippen LogP contribution is -2.56. The van der Waals surface area contributed by atoms with Crippen molar-refractivity contribution in [2.24, 2.45) is 0 Å². The quantitative estimate of drug-likeness (QED) is 0.393. The van der Waals surface area contributed by atoms with Crippen LogP contribution in [0.25, 0.3) is 10.8 Å². The van der Waals surface area contributed by atoms with Crippen LogP contribution in [0.3, 0.4) is 0 Å². The van der Waals surface area contributed by atoms with Gasteiger partial charge >= 0.3 is 0 Å². The van der Waals surface area contributed by atoms with Crippen LogP contribution in [-0.4, -0.2) is 70.9 Å². The molecule has 11 nitrogen and oxygen atoms in total. The van der Waals surface area contributed by atoms with Gasteiger partial charge in [0.2, 0.25) is 11.8 Å². The first-order valence-electron chi connectivity index (χ1n) is 12.8. The number of anilines is 2. The number of fused-ring (bicyclic) bond motifs is 2. The van der Waals surface area contributed by atoms with E-state index in [1.54, 1.807) is 20.0 Å². The number of carbonyl (C=O) groups excluding carboxylic acids is 3. The van der Waals surface area contributed by atoms with Crippen molar-refractivity contribution in [3.63, 3.8) is 0 Å². The number of carbonyl (C=O) groups is 3. The number of amides is 3. The predicted octanol–water partition coefficient (Wildman–Crippen LogP) is 2.16. The number of benzene rings is 3. The van der Waals surface area contributed by atoms with E-state index in [2.05, 4.69) is 16.7 Å². The number of halogens is 1. The second-order valence-electron chi connectivity index (χ2n) is 9.85. The fourth-order valence-electron chi connectivity index (χ4n) is 4.77. The van der Waals surface area contributed by atoms with Crippen molar-refractivity contribution in [1.82, 2.24) is 10.6 Å². The van der Waals surface area contributed by atoms with Crippen molar-refractivity contribution in [3.8, 4) is 11.8 Å². The van der Waals surface area contributed by atoms with E-state index in [0.29, 0.717) is 11.3 Å². The molecule has 4 rings (SSSR count). The van der Waals surface area contributed by atoms with Crippen LogP contribution in [0.2, 0.25) is 0 Å². The Morgan fingerprint density at radius 1 is 1.14 bits per heavy atom. The normalized spacial score (nSPS) is 15.6. The molecule has 42 heavy (non-hydrogen) atoms. The Hall–Kier alpha value is -4.18. The van der Waals surface area contributed by atoms with E-state index >= 15 is 0 Å². The Morgan fingerprint density at radius 2 is 1.86 bits per heavy atom. The topological polar surface area (TPSA) is 149 Å². The Kier molecular flexibility index (Phi) is 10.2. The first-order chi connectivity index (χ1) is 19.5. The van der Waals surface area contributed by atoms with Gasteiger partial charge in [-0.25, -0.2) is 8.42 Å². The van der Waals surface area contributed by atoms with Gasteiger partial charge in [0.1, 0.15) is 17.5 Å². The molecule has 0 bridgehead atoms. The van der Waals surface area contributed by atoms with Gasteiger partial charge in [0, 0.05) is 11.8 Å². The highest BCUT2D eigenvalue weighted by atomic mass is 35.5. The average molecular weight is 614 g/mol. The molecular formula is C29H32ClN5O6S. The van der Waals surface area contributed by atoms with Crippen LogP contribution in [0, 0.1) is 11.3 Å². The van der Waals surface area contributed by atoms with Gasteiger partial charge in [0.05, 0.1) is 49.2 Å². The fraction of sp³-hybridized carbons (Fsp3) is 0.310. The molecule has 0 spiro atoms. The Morgan fingerprint density at radius 3 is 2.50 bits per heavy atom. The summed E-state index contributed by atoms with van der Waals surface area (Å²) < 4.78 is 29.8. The molecule has 3 amide bonds. The number of rotatable bonds is 8. The summed E-state index contributed by atoms with van der Waals surface area (Å²) in [5, 5.41) is 16.9. The highest BCUT2D eigenvalue weighted by Gasteiger charge is 2.38. The zero-order valence-corrected chi connectivity index (χ0v) is 25.2. The van der Waals surface area contributed by atoms with E-state index in [-0.39, 0.29) is 42.4 Å². The minimum atomic E-state index is -3.72.